The Hall–Kier alpha value is -2.19. The fraction of sp³-hybridized carbons (Fsp3) is 0.308. The predicted octanol–water partition coefficient (Wildman–Crippen LogP) is 2.09. The van der Waals surface area contributed by atoms with E-state index in [2.05, 4.69) is 20.4 Å². The Balaban J connectivity index is 1.39. The normalized spacial score (nSPS) is 11.0. The van der Waals surface area contributed by atoms with Gasteiger partial charge in [-0.2, -0.15) is 4.98 Å². The molecular formula is C13H15N5O2S. The van der Waals surface area contributed by atoms with Crippen LogP contribution in [0.3, 0.4) is 0 Å². The van der Waals surface area contributed by atoms with Crippen molar-refractivity contribution in [3.63, 3.8) is 0 Å². The Morgan fingerprint density at radius 2 is 2.29 bits per heavy atom. The van der Waals surface area contributed by atoms with E-state index in [0.29, 0.717) is 29.2 Å². The molecule has 0 fully saturated rings. The molecule has 3 heterocycles. The molecule has 0 atom stereocenters. The second kappa shape index (κ2) is 6.51. The third-order valence-electron chi connectivity index (χ3n) is 2.84. The van der Waals surface area contributed by atoms with Gasteiger partial charge >= 0.3 is 0 Å². The number of nitrogens with two attached hydrogens (primary N) is 1. The number of anilines is 1. The maximum Gasteiger partial charge on any atom is 0.241 e. The minimum atomic E-state index is 0.467. The van der Waals surface area contributed by atoms with Gasteiger partial charge in [0.15, 0.2) is 10.9 Å². The van der Waals surface area contributed by atoms with Crippen molar-refractivity contribution < 1.29 is 8.94 Å². The molecule has 0 spiro atoms. The highest BCUT2D eigenvalue weighted by atomic mass is 32.1. The lowest BCUT2D eigenvalue weighted by Crippen LogP contribution is -2.15. The average molecular weight is 305 g/mol. The van der Waals surface area contributed by atoms with Gasteiger partial charge in [-0.15, -0.1) is 11.3 Å². The third kappa shape index (κ3) is 3.67. The molecule has 0 saturated heterocycles. The van der Waals surface area contributed by atoms with Crippen LogP contribution in [0, 0.1) is 0 Å². The van der Waals surface area contributed by atoms with Gasteiger partial charge in [0.25, 0.3) is 0 Å². The zero-order chi connectivity index (χ0) is 14.5. The SMILES string of the molecule is Nc1nc(CCCNCc2nc(-c3ccco3)no2)cs1. The highest BCUT2D eigenvalue weighted by Crippen LogP contribution is 2.15. The van der Waals surface area contributed by atoms with Crippen LogP contribution >= 0.6 is 11.3 Å². The van der Waals surface area contributed by atoms with Gasteiger partial charge in [-0.05, 0) is 31.5 Å². The van der Waals surface area contributed by atoms with Crippen LogP contribution in [0.4, 0.5) is 5.13 Å². The summed E-state index contributed by atoms with van der Waals surface area (Å²) in [6.07, 6.45) is 3.46. The molecule has 21 heavy (non-hydrogen) atoms. The van der Waals surface area contributed by atoms with Gasteiger partial charge in [-0.1, -0.05) is 5.16 Å². The summed E-state index contributed by atoms with van der Waals surface area (Å²) < 4.78 is 10.4. The lowest BCUT2D eigenvalue weighted by atomic mass is 10.2. The number of nitrogen functional groups attached to an aromatic ring is 1. The van der Waals surface area contributed by atoms with E-state index in [-0.39, 0.29) is 0 Å². The van der Waals surface area contributed by atoms with Gasteiger partial charge in [0, 0.05) is 5.38 Å². The van der Waals surface area contributed by atoms with Gasteiger partial charge in [0.2, 0.25) is 11.7 Å². The van der Waals surface area contributed by atoms with Crippen LogP contribution in [0.5, 0.6) is 0 Å². The first-order chi connectivity index (χ1) is 10.3. The molecule has 0 aliphatic rings. The molecule has 0 aliphatic heterocycles. The van der Waals surface area contributed by atoms with Gasteiger partial charge in [-0.25, -0.2) is 4.98 Å². The molecule has 0 aromatic carbocycles. The Kier molecular flexibility index (Phi) is 4.27. The van der Waals surface area contributed by atoms with Crippen LogP contribution in [-0.4, -0.2) is 21.7 Å². The van der Waals surface area contributed by atoms with Crippen LogP contribution < -0.4 is 11.1 Å². The zero-order valence-electron chi connectivity index (χ0n) is 11.3. The van der Waals surface area contributed by atoms with E-state index in [9.17, 15) is 0 Å². The Morgan fingerprint density at radius 1 is 1.33 bits per heavy atom. The van der Waals surface area contributed by atoms with Gasteiger partial charge in [0.05, 0.1) is 18.5 Å². The summed E-state index contributed by atoms with van der Waals surface area (Å²) >= 11 is 1.47. The molecule has 0 aliphatic carbocycles. The Morgan fingerprint density at radius 3 is 3.05 bits per heavy atom. The predicted molar refractivity (Wildman–Crippen MR) is 78.6 cm³/mol. The molecule has 0 bridgehead atoms. The number of nitrogens with zero attached hydrogens (tertiary/aromatic N) is 3. The number of hydrogen-bond acceptors (Lipinski definition) is 8. The number of rotatable bonds is 7. The molecule has 3 aromatic rings. The second-order valence-electron chi connectivity index (χ2n) is 4.45. The number of furan rings is 1. The van der Waals surface area contributed by atoms with Crippen LogP contribution in [0.2, 0.25) is 0 Å². The molecule has 7 nitrogen and oxygen atoms in total. The highest BCUT2D eigenvalue weighted by molar-refractivity contribution is 7.13. The van der Waals surface area contributed by atoms with Crippen molar-refractivity contribution >= 4 is 16.5 Å². The van der Waals surface area contributed by atoms with Crippen LogP contribution in [0.1, 0.15) is 18.0 Å². The van der Waals surface area contributed by atoms with Crippen molar-refractivity contribution in [1.29, 1.82) is 0 Å². The molecule has 3 aromatic heterocycles. The first-order valence-corrected chi connectivity index (χ1v) is 7.46. The summed E-state index contributed by atoms with van der Waals surface area (Å²) in [6.45, 7) is 1.38. The van der Waals surface area contributed by atoms with Crippen molar-refractivity contribution in [2.24, 2.45) is 0 Å². The van der Waals surface area contributed by atoms with Crippen LogP contribution in [0.15, 0.2) is 32.7 Å². The molecule has 8 heteroatoms. The standard InChI is InChI=1S/C13H15N5O2S/c14-13-16-9(8-21-13)3-1-5-15-7-11-17-12(18-20-11)10-4-2-6-19-10/h2,4,6,8,15H,1,3,5,7H2,(H2,14,16). The second-order valence-corrected chi connectivity index (χ2v) is 5.34. The van der Waals surface area contributed by atoms with E-state index >= 15 is 0 Å². The molecule has 0 radical (unpaired) electrons. The molecule has 3 rings (SSSR count). The van der Waals surface area contributed by atoms with E-state index < -0.39 is 0 Å². The summed E-state index contributed by atoms with van der Waals surface area (Å²) in [5.74, 6) is 1.61. The first-order valence-electron chi connectivity index (χ1n) is 6.58. The van der Waals surface area contributed by atoms with Crippen molar-refractivity contribution in [3.8, 4) is 11.6 Å². The number of thiazole rings is 1. The number of aromatic nitrogens is 3. The fourth-order valence-electron chi connectivity index (χ4n) is 1.86. The molecule has 0 saturated carbocycles. The molecule has 110 valence electrons. The molecule has 0 unspecified atom stereocenters. The van der Waals surface area contributed by atoms with E-state index in [1.165, 1.54) is 11.3 Å². The van der Waals surface area contributed by atoms with Crippen LogP contribution in [-0.2, 0) is 13.0 Å². The maximum atomic E-state index is 5.58. The van der Waals surface area contributed by atoms with E-state index in [4.69, 9.17) is 14.7 Å². The number of hydrogen-bond donors (Lipinski definition) is 2. The van der Waals surface area contributed by atoms with Crippen LogP contribution in [0.25, 0.3) is 11.6 Å². The summed E-state index contributed by atoms with van der Waals surface area (Å²) in [5, 5.41) is 9.73. The molecule has 0 amide bonds. The van der Waals surface area contributed by atoms with E-state index in [1.807, 2.05) is 5.38 Å². The quantitative estimate of drug-likeness (QED) is 0.644. The minimum Gasteiger partial charge on any atom is -0.461 e. The van der Waals surface area contributed by atoms with Crippen molar-refractivity contribution in [2.45, 2.75) is 19.4 Å². The lowest BCUT2D eigenvalue weighted by Gasteiger charge is -1.99. The lowest BCUT2D eigenvalue weighted by molar-refractivity contribution is 0.366. The maximum absolute atomic E-state index is 5.58. The summed E-state index contributed by atoms with van der Waals surface area (Å²) in [5.41, 5.74) is 6.62. The topological polar surface area (TPSA) is 103 Å². The molecule has 3 N–H and O–H groups in total. The largest absolute Gasteiger partial charge is 0.461 e. The van der Waals surface area contributed by atoms with Gasteiger partial charge in [-0.3, -0.25) is 0 Å². The number of aryl methyl sites for hydroxylation is 1. The monoisotopic (exact) mass is 305 g/mol. The minimum absolute atomic E-state index is 0.467. The summed E-state index contributed by atoms with van der Waals surface area (Å²) in [7, 11) is 0. The van der Waals surface area contributed by atoms with Gasteiger partial charge < -0.3 is 20.0 Å². The Bertz CT molecular complexity index is 676. The summed E-state index contributed by atoms with van der Waals surface area (Å²) in [6, 6.07) is 3.58. The first kappa shape index (κ1) is 13.8. The highest BCUT2D eigenvalue weighted by Gasteiger charge is 2.10. The third-order valence-corrected chi connectivity index (χ3v) is 3.56. The van der Waals surface area contributed by atoms with Crippen molar-refractivity contribution in [1.82, 2.24) is 20.4 Å². The summed E-state index contributed by atoms with van der Waals surface area (Å²) in [4.78, 5) is 8.47. The van der Waals surface area contributed by atoms with Crippen molar-refractivity contribution in [2.75, 3.05) is 12.3 Å². The average Bonchev–Trinajstić information content (AvgIpc) is 3.18. The fourth-order valence-corrected chi connectivity index (χ4v) is 2.46. The zero-order valence-corrected chi connectivity index (χ0v) is 12.1. The smallest absolute Gasteiger partial charge is 0.241 e. The Labute approximate surface area is 125 Å². The van der Waals surface area contributed by atoms with E-state index in [1.54, 1.807) is 18.4 Å². The van der Waals surface area contributed by atoms with E-state index in [0.717, 1.165) is 25.1 Å². The van der Waals surface area contributed by atoms with Crippen molar-refractivity contribution in [3.05, 3.63) is 35.4 Å². The molecular weight excluding hydrogens is 290 g/mol. The number of nitrogens with one attached hydrogen (secondary N) is 1. The van der Waals surface area contributed by atoms with Gasteiger partial charge in [0.1, 0.15) is 0 Å².